The molecular formula is C21H23FN4O. The van der Waals surface area contributed by atoms with E-state index in [1.165, 1.54) is 6.07 Å². The summed E-state index contributed by atoms with van der Waals surface area (Å²) in [4.78, 5) is 19.4. The smallest absolute Gasteiger partial charge is 0.223 e. The molecule has 2 aromatic heterocycles. The molecule has 1 aromatic carbocycles. The Balaban J connectivity index is 1.51. The lowest BCUT2D eigenvalue weighted by Crippen LogP contribution is -2.31. The van der Waals surface area contributed by atoms with Gasteiger partial charge in [-0.15, -0.1) is 0 Å². The number of hydrogen-bond acceptors (Lipinski definition) is 3. The van der Waals surface area contributed by atoms with Gasteiger partial charge in [0.2, 0.25) is 5.91 Å². The standard InChI is InChI=1S/C21H23FN4O/c1-14-18(15(2)26-20(24-14)10-11-23-26)8-9-21(27)25-12-4-7-19(25)16-5-3-6-17(22)13-16/h3,5-6,10-11,13,19H,4,7-9,12H2,1-2H3. The molecule has 6 heteroatoms. The Morgan fingerprint density at radius 1 is 1.30 bits per heavy atom. The van der Waals surface area contributed by atoms with Crippen LogP contribution in [0.3, 0.4) is 0 Å². The van der Waals surface area contributed by atoms with Crippen LogP contribution in [0, 0.1) is 19.7 Å². The minimum Gasteiger partial charge on any atom is -0.336 e. The van der Waals surface area contributed by atoms with Crippen LogP contribution in [-0.4, -0.2) is 31.9 Å². The van der Waals surface area contributed by atoms with Gasteiger partial charge in [-0.05, 0) is 56.4 Å². The van der Waals surface area contributed by atoms with Crippen molar-refractivity contribution in [1.29, 1.82) is 0 Å². The Kier molecular flexibility index (Phi) is 4.64. The van der Waals surface area contributed by atoms with Crippen LogP contribution in [0.2, 0.25) is 0 Å². The predicted molar refractivity (Wildman–Crippen MR) is 101 cm³/mol. The number of aryl methyl sites for hydroxylation is 2. The fraction of sp³-hybridized carbons (Fsp3) is 0.381. The lowest BCUT2D eigenvalue weighted by atomic mass is 10.0. The van der Waals surface area contributed by atoms with Crippen LogP contribution in [0.1, 0.15) is 47.8 Å². The quantitative estimate of drug-likeness (QED) is 0.706. The van der Waals surface area contributed by atoms with Crippen LogP contribution >= 0.6 is 0 Å². The number of nitrogens with zero attached hydrogens (tertiary/aromatic N) is 4. The highest BCUT2D eigenvalue weighted by molar-refractivity contribution is 5.77. The van der Waals surface area contributed by atoms with E-state index in [1.807, 2.05) is 35.4 Å². The molecule has 3 heterocycles. The minimum absolute atomic E-state index is 0.0258. The first kappa shape index (κ1) is 17.6. The molecule has 0 bridgehead atoms. The van der Waals surface area contributed by atoms with Crippen LogP contribution in [0.5, 0.6) is 0 Å². The zero-order valence-corrected chi connectivity index (χ0v) is 15.7. The zero-order valence-electron chi connectivity index (χ0n) is 15.7. The molecule has 1 fully saturated rings. The van der Waals surface area contributed by atoms with Gasteiger partial charge in [-0.3, -0.25) is 4.79 Å². The number of hydrogen-bond donors (Lipinski definition) is 0. The first-order valence-corrected chi connectivity index (χ1v) is 9.39. The van der Waals surface area contributed by atoms with E-state index in [-0.39, 0.29) is 17.8 Å². The highest BCUT2D eigenvalue weighted by atomic mass is 19.1. The molecule has 1 aliphatic heterocycles. The molecule has 0 radical (unpaired) electrons. The third-order valence-corrected chi connectivity index (χ3v) is 5.49. The lowest BCUT2D eigenvalue weighted by molar-refractivity contribution is -0.132. The maximum atomic E-state index is 13.6. The van der Waals surface area contributed by atoms with Gasteiger partial charge in [0.15, 0.2) is 5.65 Å². The third kappa shape index (κ3) is 3.31. The summed E-state index contributed by atoms with van der Waals surface area (Å²) in [5, 5.41) is 4.31. The number of carbonyl (C=O) groups excluding carboxylic acids is 1. The van der Waals surface area contributed by atoms with Gasteiger partial charge in [0.1, 0.15) is 5.82 Å². The summed E-state index contributed by atoms with van der Waals surface area (Å²) in [5.41, 5.74) is 4.74. The summed E-state index contributed by atoms with van der Waals surface area (Å²) in [6.07, 6.45) is 4.62. The first-order valence-electron chi connectivity index (χ1n) is 9.39. The zero-order chi connectivity index (χ0) is 19.0. The van der Waals surface area contributed by atoms with E-state index in [0.717, 1.165) is 47.5 Å². The Morgan fingerprint density at radius 3 is 2.96 bits per heavy atom. The van der Waals surface area contributed by atoms with E-state index < -0.39 is 0 Å². The fourth-order valence-electron chi connectivity index (χ4n) is 4.13. The van der Waals surface area contributed by atoms with Crippen molar-refractivity contribution in [1.82, 2.24) is 19.5 Å². The molecule has 1 amide bonds. The van der Waals surface area contributed by atoms with Crippen molar-refractivity contribution >= 4 is 11.6 Å². The largest absolute Gasteiger partial charge is 0.336 e. The van der Waals surface area contributed by atoms with Crippen molar-refractivity contribution in [3.05, 3.63) is 64.9 Å². The average molecular weight is 366 g/mol. The maximum Gasteiger partial charge on any atom is 0.223 e. The van der Waals surface area contributed by atoms with Gasteiger partial charge in [0.25, 0.3) is 0 Å². The second-order valence-electron chi connectivity index (χ2n) is 7.16. The summed E-state index contributed by atoms with van der Waals surface area (Å²) in [6.45, 7) is 4.72. The van der Waals surface area contributed by atoms with Crippen LogP contribution in [0.4, 0.5) is 4.39 Å². The summed E-state index contributed by atoms with van der Waals surface area (Å²) in [7, 11) is 0. The van der Waals surface area contributed by atoms with Crippen LogP contribution in [0.25, 0.3) is 5.65 Å². The Labute approximate surface area is 157 Å². The number of carbonyl (C=O) groups is 1. The monoisotopic (exact) mass is 366 g/mol. The molecule has 0 saturated carbocycles. The predicted octanol–water partition coefficient (Wildman–Crippen LogP) is 3.78. The molecule has 1 atom stereocenters. The number of rotatable bonds is 4. The Bertz CT molecular complexity index is 997. The van der Waals surface area contributed by atoms with Crippen molar-refractivity contribution in [3.8, 4) is 0 Å². The Morgan fingerprint density at radius 2 is 2.15 bits per heavy atom. The second-order valence-corrected chi connectivity index (χ2v) is 7.16. The summed E-state index contributed by atoms with van der Waals surface area (Å²) in [5.74, 6) is -0.141. The van der Waals surface area contributed by atoms with Crippen molar-refractivity contribution < 1.29 is 9.18 Å². The molecule has 0 N–H and O–H groups in total. The number of likely N-dealkylation sites (tertiary alicyclic amines) is 1. The molecular weight excluding hydrogens is 343 g/mol. The average Bonchev–Trinajstić information content (AvgIpc) is 3.30. The Hall–Kier alpha value is -2.76. The van der Waals surface area contributed by atoms with Crippen molar-refractivity contribution in [3.63, 3.8) is 0 Å². The lowest BCUT2D eigenvalue weighted by Gasteiger charge is -2.25. The van der Waals surface area contributed by atoms with Gasteiger partial charge in [0.05, 0.1) is 12.2 Å². The molecule has 1 unspecified atom stereocenters. The van der Waals surface area contributed by atoms with E-state index >= 15 is 0 Å². The normalized spacial score (nSPS) is 17.0. The highest BCUT2D eigenvalue weighted by Crippen LogP contribution is 2.33. The van der Waals surface area contributed by atoms with E-state index in [0.29, 0.717) is 12.8 Å². The van der Waals surface area contributed by atoms with Gasteiger partial charge in [-0.25, -0.2) is 13.9 Å². The number of aromatic nitrogens is 3. The number of benzene rings is 1. The van der Waals surface area contributed by atoms with Crippen molar-refractivity contribution in [2.45, 2.75) is 45.6 Å². The van der Waals surface area contributed by atoms with Gasteiger partial charge < -0.3 is 4.90 Å². The van der Waals surface area contributed by atoms with Crippen LogP contribution in [-0.2, 0) is 11.2 Å². The van der Waals surface area contributed by atoms with E-state index in [9.17, 15) is 9.18 Å². The topological polar surface area (TPSA) is 50.5 Å². The molecule has 140 valence electrons. The van der Waals surface area contributed by atoms with Crippen LogP contribution in [0.15, 0.2) is 36.5 Å². The molecule has 0 spiro atoms. The summed E-state index contributed by atoms with van der Waals surface area (Å²) < 4.78 is 15.4. The van der Waals surface area contributed by atoms with Crippen LogP contribution < -0.4 is 0 Å². The summed E-state index contributed by atoms with van der Waals surface area (Å²) in [6, 6.07) is 8.45. The van der Waals surface area contributed by atoms with E-state index in [1.54, 1.807) is 18.3 Å². The first-order chi connectivity index (χ1) is 13.0. The molecule has 1 saturated heterocycles. The molecule has 27 heavy (non-hydrogen) atoms. The highest BCUT2D eigenvalue weighted by Gasteiger charge is 2.30. The SMILES string of the molecule is Cc1nc2ccnn2c(C)c1CCC(=O)N1CCCC1c1cccc(F)c1. The third-order valence-electron chi connectivity index (χ3n) is 5.49. The second kappa shape index (κ2) is 7.10. The fourth-order valence-corrected chi connectivity index (χ4v) is 4.13. The summed E-state index contributed by atoms with van der Waals surface area (Å²) >= 11 is 0. The van der Waals surface area contributed by atoms with E-state index in [2.05, 4.69) is 10.1 Å². The molecule has 5 nitrogen and oxygen atoms in total. The van der Waals surface area contributed by atoms with Crippen molar-refractivity contribution in [2.75, 3.05) is 6.54 Å². The number of amides is 1. The molecule has 4 rings (SSSR count). The minimum atomic E-state index is -0.253. The van der Waals surface area contributed by atoms with Crippen molar-refractivity contribution in [2.24, 2.45) is 0 Å². The molecule has 0 aliphatic carbocycles. The van der Waals surface area contributed by atoms with Gasteiger partial charge in [-0.2, -0.15) is 5.10 Å². The molecule has 3 aromatic rings. The molecule has 1 aliphatic rings. The van der Waals surface area contributed by atoms with Gasteiger partial charge in [0, 0.05) is 30.4 Å². The maximum absolute atomic E-state index is 13.6. The number of fused-ring (bicyclic) bond motifs is 1. The van der Waals surface area contributed by atoms with Gasteiger partial charge in [-0.1, -0.05) is 12.1 Å². The van der Waals surface area contributed by atoms with Gasteiger partial charge >= 0.3 is 0 Å². The number of halogens is 1. The van der Waals surface area contributed by atoms with E-state index in [4.69, 9.17) is 0 Å².